The molecule has 1 heterocycles. The van der Waals surface area contributed by atoms with Crippen molar-refractivity contribution in [3.8, 4) is 0 Å². The molecule has 11 heavy (non-hydrogen) atoms. The molecule has 0 aromatic heterocycles. The molecular weight excluding hydrogens is 142 g/mol. The van der Waals surface area contributed by atoms with E-state index < -0.39 is 0 Å². The average Bonchev–Trinajstić information content (AvgIpc) is 2.52. The molecule has 0 bridgehead atoms. The van der Waals surface area contributed by atoms with E-state index in [0.29, 0.717) is 25.3 Å². The molecule has 0 fully saturated rings. The highest BCUT2D eigenvalue weighted by Gasteiger charge is 2.13. The normalized spacial score (nSPS) is 15.9. The lowest BCUT2D eigenvalue weighted by molar-refractivity contribution is -0.118. The fourth-order valence-electron chi connectivity index (χ4n) is 0.998. The van der Waals surface area contributed by atoms with Gasteiger partial charge in [0.1, 0.15) is 0 Å². The molecule has 1 rings (SSSR count). The summed E-state index contributed by atoms with van der Waals surface area (Å²) in [5.41, 5.74) is 5.26. The highest BCUT2D eigenvalue weighted by atomic mass is 16.5. The molecule has 0 aliphatic carbocycles. The number of carbonyl (C=O) groups excluding carboxylic acids is 1. The van der Waals surface area contributed by atoms with Crippen LogP contribution < -0.4 is 5.73 Å². The Morgan fingerprint density at radius 2 is 2.55 bits per heavy atom. The van der Waals surface area contributed by atoms with E-state index >= 15 is 0 Å². The molecule has 0 spiro atoms. The Bertz CT molecular complexity index is 175. The second kappa shape index (κ2) is 4.13. The van der Waals surface area contributed by atoms with E-state index in [2.05, 4.69) is 0 Å². The summed E-state index contributed by atoms with van der Waals surface area (Å²) in [6.07, 6.45) is 3.98. The summed E-state index contributed by atoms with van der Waals surface area (Å²) >= 11 is 0. The van der Waals surface area contributed by atoms with Crippen LogP contribution in [-0.2, 0) is 9.53 Å². The first kappa shape index (κ1) is 8.27. The third kappa shape index (κ3) is 2.35. The molecule has 0 aromatic carbocycles. The first-order valence-electron chi connectivity index (χ1n) is 3.91. The zero-order chi connectivity index (χ0) is 8.10. The maximum absolute atomic E-state index is 11.2. The van der Waals surface area contributed by atoms with E-state index in [4.69, 9.17) is 10.5 Å². The monoisotopic (exact) mass is 155 g/mol. The third-order valence-corrected chi connectivity index (χ3v) is 1.59. The van der Waals surface area contributed by atoms with Crippen molar-refractivity contribution in [1.82, 2.24) is 0 Å². The maximum atomic E-state index is 11.2. The number of nitrogens with two attached hydrogens (primary N) is 1. The Morgan fingerprint density at radius 1 is 1.73 bits per heavy atom. The summed E-state index contributed by atoms with van der Waals surface area (Å²) in [5.74, 6) is 0.631. The van der Waals surface area contributed by atoms with Crippen molar-refractivity contribution in [1.29, 1.82) is 0 Å². The number of Topliss-reactive ketones (excluding diaryl/α,β-unsaturated/α-hetero) is 1. The van der Waals surface area contributed by atoms with Gasteiger partial charge in [0, 0.05) is 12.8 Å². The molecule has 2 N–H and O–H groups in total. The first-order chi connectivity index (χ1) is 5.34. The average molecular weight is 155 g/mol. The predicted molar refractivity (Wildman–Crippen MR) is 41.9 cm³/mol. The lowest BCUT2D eigenvalue weighted by atomic mass is 10.2. The van der Waals surface area contributed by atoms with Crippen LogP contribution in [0.3, 0.4) is 0 Å². The van der Waals surface area contributed by atoms with E-state index in [1.807, 2.05) is 6.08 Å². The number of carbonyl (C=O) groups is 1. The van der Waals surface area contributed by atoms with Gasteiger partial charge >= 0.3 is 0 Å². The van der Waals surface area contributed by atoms with Crippen LogP contribution in [0, 0.1) is 0 Å². The van der Waals surface area contributed by atoms with Gasteiger partial charge in [0.2, 0.25) is 0 Å². The van der Waals surface area contributed by atoms with Gasteiger partial charge in [-0.15, -0.1) is 0 Å². The van der Waals surface area contributed by atoms with E-state index in [-0.39, 0.29) is 5.78 Å². The number of rotatable bonds is 4. The Hall–Kier alpha value is -0.830. The van der Waals surface area contributed by atoms with Crippen molar-refractivity contribution < 1.29 is 9.53 Å². The number of hydrogen-bond acceptors (Lipinski definition) is 3. The molecule has 3 heteroatoms. The molecule has 0 saturated heterocycles. The summed E-state index contributed by atoms with van der Waals surface area (Å²) in [6.45, 7) is 1.22. The van der Waals surface area contributed by atoms with Crippen molar-refractivity contribution >= 4 is 5.78 Å². The van der Waals surface area contributed by atoms with Crippen LogP contribution in [0.4, 0.5) is 0 Å². The SMILES string of the molecule is NCCCC(=O)C1=CCCO1. The highest BCUT2D eigenvalue weighted by molar-refractivity contribution is 5.93. The number of ether oxygens (including phenoxy) is 1. The molecule has 1 aliphatic heterocycles. The van der Waals surface area contributed by atoms with E-state index in [0.717, 1.165) is 12.8 Å². The van der Waals surface area contributed by atoms with Crippen LogP contribution in [0.5, 0.6) is 0 Å². The second-order valence-corrected chi connectivity index (χ2v) is 2.52. The summed E-state index contributed by atoms with van der Waals surface area (Å²) < 4.78 is 5.08. The third-order valence-electron chi connectivity index (χ3n) is 1.59. The van der Waals surface area contributed by atoms with Crippen molar-refractivity contribution in [3.05, 3.63) is 11.8 Å². The number of ketones is 1. The number of hydrogen-bond donors (Lipinski definition) is 1. The van der Waals surface area contributed by atoms with Crippen LogP contribution in [0.1, 0.15) is 19.3 Å². The summed E-state index contributed by atoms with van der Waals surface area (Å²) in [7, 11) is 0. The molecule has 0 unspecified atom stereocenters. The van der Waals surface area contributed by atoms with Gasteiger partial charge in [-0.3, -0.25) is 4.79 Å². The van der Waals surface area contributed by atoms with Gasteiger partial charge in [0.15, 0.2) is 11.5 Å². The summed E-state index contributed by atoms with van der Waals surface area (Å²) in [4.78, 5) is 11.2. The summed E-state index contributed by atoms with van der Waals surface area (Å²) in [6, 6.07) is 0. The standard InChI is InChI=1S/C8H13NO2/c9-5-1-3-7(10)8-4-2-6-11-8/h4H,1-3,5-6,9H2. The topological polar surface area (TPSA) is 52.3 Å². The second-order valence-electron chi connectivity index (χ2n) is 2.52. The molecule has 0 aromatic rings. The van der Waals surface area contributed by atoms with Crippen LogP contribution in [0.2, 0.25) is 0 Å². The minimum atomic E-state index is 0.0907. The highest BCUT2D eigenvalue weighted by Crippen LogP contribution is 2.12. The molecule has 0 radical (unpaired) electrons. The van der Waals surface area contributed by atoms with Crippen LogP contribution in [-0.4, -0.2) is 18.9 Å². The first-order valence-corrected chi connectivity index (χ1v) is 3.91. The Kier molecular flexibility index (Phi) is 3.11. The van der Waals surface area contributed by atoms with Crippen molar-refractivity contribution in [2.24, 2.45) is 5.73 Å². The van der Waals surface area contributed by atoms with E-state index in [1.165, 1.54) is 0 Å². The summed E-state index contributed by atoms with van der Waals surface area (Å²) in [5, 5.41) is 0. The van der Waals surface area contributed by atoms with Crippen molar-refractivity contribution in [3.63, 3.8) is 0 Å². The minimum absolute atomic E-state index is 0.0907. The van der Waals surface area contributed by atoms with Crippen molar-refractivity contribution in [2.75, 3.05) is 13.2 Å². The maximum Gasteiger partial charge on any atom is 0.197 e. The lowest BCUT2D eigenvalue weighted by Crippen LogP contribution is -2.07. The van der Waals surface area contributed by atoms with Gasteiger partial charge in [-0.05, 0) is 19.0 Å². The van der Waals surface area contributed by atoms with Gasteiger partial charge < -0.3 is 10.5 Å². The predicted octanol–water partition coefficient (Wildman–Crippen LogP) is 0.599. The Labute approximate surface area is 66.2 Å². The fraction of sp³-hybridized carbons (Fsp3) is 0.625. The van der Waals surface area contributed by atoms with Gasteiger partial charge in [-0.25, -0.2) is 0 Å². The molecule has 0 atom stereocenters. The molecule has 0 amide bonds. The molecule has 1 aliphatic rings. The molecular formula is C8H13NO2. The number of allylic oxidation sites excluding steroid dienone is 1. The molecule has 62 valence electrons. The van der Waals surface area contributed by atoms with E-state index in [9.17, 15) is 4.79 Å². The Morgan fingerprint density at radius 3 is 3.09 bits per heavy atom. The fourth-order valence-corrected chi connectivity index (χ4v) is 0.998. The molecule has 0 saturated carbocycles. The quantitative estimate of drug-likeness (QED) is 0.646. The van der Waals surface area contributed by atoms with Gasteiger partial charge in [-0.1, -0.05) is 0 Å². The zero-order valence-corrected chi connectivity index (χ0v) is 6.51. The van der Waals surface area contributed by atoms with Crippen molar-refractivity contribution in [2.45, 2.75) is 19.3 Å². The Balaban J connectivity index is 2.29. The van der Waals surface area contributed by atoms with Crippen LogP contribution in [0.15, 0.2) is 11.8 Å². The smallest absolute Gasteiger partial charge is 0.197 e. The zero-order valence-electron chi connectivity index (χ0n) is 6.51. The lowest BCUT2D eigenvalue weighted by Gasteiger charge is -2.00. The largest absolute Gasteiger partial charge is 0.490 e. The van der Waals surface area contributed by atoms with Gasteiger partial charge in [0.25, 0.3) is 0 Å². The van der Waals surface area contributed by atoms with Crippen LogP contribution in [0.25, 0.3) is 0 Å². The van der Waals surface area contributed by atoms with Gasteiger partial charge in [-0.2, -0.15) is 0 Å². The minimum Gasteiger partial charge on any atom is -0.490 e. The van der Waals surface area contributed by atoms with Gasteiger partial charge in [0.05, 0.1) is 6.61 Å². The molecule has 3 nitrogen and oxygen atoms in total. The van der Waals surface area contributed by atoms with E-state index in [1.54, 1.807) is 0 Å². The van der Waals surface area contributed by atoms with Crippen LogP contribution >= 0.6 is 0 Å².